The number of amides is 2. The van der Waals surface area contributed by atoms with Gasteiger partial charge in [-0.3, -0.25) is 19.4 Å². The fourth-order valence-electron chi connectivity index (χ4n) is 4.36. The molecule has 2 saturated heterocycles. The van der Waals surface area contributed by atoms with Crippen LogP contribution in [0.2, 0.25) is 0 Å². The number of carbonyl (C=O) groups excluding carboxylic acids is 2. The number of piperazine rings is 1. The molecule has 3 aliphatic heterocycles. The van der Waals surface area contributed by atoms with E-state index >= 15 is 0 Å². The van der Waals surface area contributed by atoms with Gasteiger partial charge in [-0.1, -0.05) is 42.5 Å². The largest absolute Gasteiger partial charge is 0.454 e. The van der Waals surface area contributed by atoms with Gasteiger partial charge in [0.05, 0.1) is 18.2 Å². The van der Waals surface area contributed by atoms with Gasteiger partial charge < -0.3 is 9.47 Å². The van der Waals surface area contributed by atoms with Crippen LogP contribution in [0.3, 0.4) is 0 Å². The molecule has 2 aromatic carbocycles. The molecule has 5 rings (SSSR count). The molecule has 2 fully saturated rings. The van der Waals surface area contributed by atoms with E-state index in [1.807, 2.05) is 18.2 Å². The highest BCUT2D eigenvalue weighted by molar-refractivity contribution is 6.22. The first-order valence-corrected chi connectivity index (χ1v) is 10.6. The quantitative estimate of drug-likeness (QED) is 0.694. The van der Waals surface area contributed by atoms with Crippen LogP contribution < -0.4 is 14.4 Å². The summed E-state index contributed by atoms with van der Waals surface area (Å²) in [6.45, 7) is 4.34. The first kappa shape index (κ1) is 19.8. The molecule has 0 saturated carbocycles. The fraction of sp³-hybridized carbons (Fsp3) is 0.333. The minimum absolute atomic E-state index is 0.152. The first-order chi connectivity index (χ1) is 15.2. The monoisotopic (exact) mass is 419 g/mol. The maximum Gasteiger partial charge on any atom is 0.251 e. The Kier molecular flexibility index (Phi) is 5.44. The molecule has 1 atom stereocenters. The third-order valence-corrected chi connectivity index (χ3v) is 6.06. The second-order valence-electron chi connectivity index (χ2n) is 7.97. The summed E-state index contributed by atoms with van der Waals surface area (Å²) in [4.78, 5) is 31.6. The van der Waals surface area contributed by atoms with Crippen LogP contribution in [-0.2, 0) is 9.59 Å². The summed E-state index contributed by atoms with van der Waals surface area (Å²) >= 11 is 0. The second-order valence-corrected chi connectivity index (χ2v) is 7.97. The molecule has 31 heavy (non-hydrogen) atoms. The van der Waals surface area contributed by atoms with Crippen molar-refractivity contribution in [2.24, 2.45) is 0 Å². The molecule has 0 N–H and O–H groups in total. The van der Waals surface area contributed by atoms with Gasteiger partial charge in [0.15, 0.2) is 11.5 Å². The highest BCUT2D eigenvalue weighted by Gasteiger charge is 2.43. The number of hydrogen-bond donors (Lipinski definition) is 0. The Hall–Kier alpha value is -3.16. The summed E-state index contributed by atoms with van der Waals surface area (Å²) in [5, 5.41) is 0. The molecular formula is C24H25N3O4. The highest BCUT2D eigenvalue weighted by Crippen LogP contribution is 2.37. The lowest BCUT2D eigenvalue weighted by atomic mass is 10.1. The number of anilines is 1. The normalized spacial score (nSPS) is 22.1. The number of hydrogen-bond acceptors (Lipinski definition) is 6. The number of imide groups is 1. The molecular weight excluding hydrogens is 394 g/mol. The van der Waals surface area contributed by atoms with Crippen molar-refractivity contribution >= 4 is 23.6 Å². The van der Waals surface area contributed by atoms with E-state index in [0.29, 0.717) is 17.2 Å². The van der Waals surface area contributed by atoms with Gasteiger partial charge in [-0.2, -0.15) is 0 Å². The lowest BCUT2D eigenvalue weighted by Crippen LogP contribution is -2.52. The van der Waals surface area contributed by atoms with Gasteiger partial charge in [-0.25, -0.2) is 4.90 Å². The zero-order valence-electron chi connectivity index (χ0n) is 17.3. The lowest BCUT2D eigenvalue weighted by Gasteiger charge is -2.36. The summed E-state index contributed by atoms with van der Waals surface area (Å²) in [6, 6.07) is 15.1. The smallest absolute Gasteiger partial charge is 0.251 e. The van der Waals surface area contributed by atoms with E-state index in [9.17, 15) is 9.59 Å². The Labute approximate surface area is 181 Å². The van der Waals surface area contributed by atoms with Gasteiger partial charge in [0.2, 0.25) is 12.7 Å². The Morgan fingerprint density at radius 1 is 0.935 bits per heavy atom. The zero-order valence-corrected chi connectivity index (χ0v) is 17.3. The molecule has 1 unspecified atom stereocenters. The fourth-order valence-corrected chi connectivity index (χ4v) is 4.36. The number of carbonyl (C=O) groups is 2. The molecule has 3 heterocycles. The molecule has 0 spiro atoms. The van der Waals surface area contributed by atoms with Crippen LogP contribution in [0.25, 0.3) is 6.08 Å². The Bertz CT molecular complexity index is 999. The van der Waals surface area contributed by atoms with Gasteiger partial charge in [-0.15, -0.1) is 0 Å². The molecule has 2 amide bonds. The van der Waals surface area contributed by atoms with Gasteiger partial charge in [-0.05, 0) is 17.7 Å². The molecule has 0 aromatic heterocycles. The minimum atomic E-state index is -0.389. The van der Waals surface area contributed by atoms with Crippen molar-refractivity contribution in [3.63, 3.8) is 0 Å². The number of nitrogens with zero attached hydrogens (tertiary/aromatic N) is 3. The Morgan fingerprint density at radius 3 is 2.52 bits per heavy atom. The van der Waals surface area contributed by atoms with Crippen LogP contribution in [0.15, 0.2) is 54.6 Å². The number of rotatable bonds is 5. The van der Waals surface area contributed by atoms with E-state index in [1.54, 1.807) is 18.2 Å². The Morgan fingerprint density at radius 2 is 1.71 bits per heavy atom. The number of ether oxygens (including phenoxy) is 2. The Balaban J connectivity index is 1.18. The molecule has 0 aliphatic carbocycles. The third-order valence-electron chi connectivity index (χ3n) is 6.06. The number of benzene rings is 2. The van der Waals surface area contributed by atoms with E-state index in [4.69, 9.17) is 9.47 Å². The lowest BCUT2D eigenvalue weighted by molar-refractivity contribution is -0.123. The van der Waals surface area contributed by atoms with E-state index in [2.05, 4.69) is 34.1 Å². The van der Waals surface area contributed by atoms with Crippen LogP contribution in [0.5, 0.6) is 11.5 Å². The van der Waals surface area contributed by atoms with Crippen LogP contribution >= 0.6 is 0 Å². The summed E-state index contributed by atoms with van der Waals surface area (Å²) in [5.41, 5.74) is 1.74. The molecule has 0 bridgehead atoms. The maximum atomic E-state index is 13.1. The van der Waals surface area contributed by atoms with Crippen LogP contribution in [0.1, 0.15) is 12.0 Å². The van der Waals surface area contributed by atoms with Crippen molar-refractivity contribution in [3.05, 3.63) is 60.2 Å². The average Bonchev–Trinajstić information content (AvgIpc) is 3.38. The number of fused-ring (bicyclic) bond motifs is 1. The second kappa shape index (κ2) is 8.53. The standard InChI is InChI=1S/C24H25N3O4/c28-23-16-20(24(29)27(23)19-8-9-21-22(15-19)31-17-30-21)26-13-11-25(12-14-26)10-4-7-18-5-2-1-3-6-18/h1-9,15,20H,10-14,16-17H2. The maximum absolute atomic E-state index is 13.1. The van der Waals surface area contributed by atoms with Crippen molar-refractivity contribution in [2.45, 2.75) is 12.5 Å². The van der Waals surface area contributed by atoms with Crippen LogP contribution in [0.4, 0.5) is 5.69 Å². The predicted octanol–water partition coefficient (Wildman–Crippen LogP) is 2.38. The molecule has 7 heteroatoms. The van der Waals surface area contributed by atoms with Gasteiger partial charge in [0.25, 0.3) is 5.91 Å². The summed E-state index contributed by atoms with van der Waals surface area (Å²) in [7, 11) is 0. The van der Waals surface area contributed by atoms with Crippen LogP contribution in [-0.4, -0.2) is 67.2 Å². The van der Waals surface area contributed by atoms with E-state index in [0.717, 1.165) is 32.7 Å². The molecule has 7 nitrogen and oxygen atoms in total. The topological polar surface area (TPSA) is 62.3 Å². The van der Waals surface area contributed by atoms with Gasteiger partial charge in [0, 0.05) is 38.8 Å². The van der Waals surface area contributed by atoms with Crippen LogP contribution in [0, 0.1) is 0 Å². The van der Waals surface area contributed by atoms with Crippen molar-refractivity contribution in [1.82, 2.24) is 9.80 Å². The average molecular weight is 419 g/mol. The van der Waals surface area contributed by atoms with Crippen molar-refractivity contribution in [2.75, 3.05) is 44.4 Å². The van der Waals surface area contributed by atoms with E-state index in [-0.39, 0.29) is 31.1 Å². The molecule has 0 radical (unpaired) electrons. The van der Waals surface area contributed by atoms with Gasteiger partial charge >= 0.3 is 0 Å². The predicted molar refractivity (Wildman–Crippen MR) is 117 cm³/mol. The SMILES string of the molecule is O=C1CC(N2CCN(CC=Cc3ccccc3)CC2)C(=O)N1c1ccc2c(c1)OCO2. The van der Waals surface area contributed by atoms with E-state index < -0.39 is 0 Å². The summed E-state index contributed by atoms with van der Waals surface area (Å²) in [5.74, 6) is 0.888. The third kappa shape index (κ3) is 4.06. The molecule has 3 aliphatic rings. The van der Waals surface area contributed by atoms with Crippen molar-refractivity contribution < 1.29 is 19.1 Å². The zero-order chi connectivity index (χ0) is 21.2. The van der Waals surface area contributed by atoms with E-state index in [1.165, 1.54) is 10.5 Å². The summed E-state index contributed by atoms with van der Waals surface area (Å²) < 4.78 is 10.7. The van der Waals surface area contributed by atoms with Gasteiger partial charge in [0.1, 0.15) is 0 Å². The minimum Gasteiger partial charge on any atom is -0.454 e. The van der Waals surface area contributed by atoms with Crippen molar-refractivity contribution in [1.29, 1.82) is 0 Å². The molecule has 160 valence electrons. The molecule has 2 aromatic rings. The highest BCUT2D eigenvalue weighted by atomic mass is 16.7. The summed E-state index contributed by atoms with van der Waals surface area (Å²) in [6.07, 6.45) is 4.53. The van der Waals surface area contributed by atoms with Crippen molar-refractivity contribution in [3.8, 4) is 11.5 Å². The first-order valence-electron chi connectivity index (χ1n) is 10.6.